The average molecular weight is 799 g/mol. The Kier molecular flexibility index (Phi) is 9.95. The Balaban J connectivity index is 0.000000394. The molecular weight excluding hydrogens is 769 g/mol. The van der Waals surface area contributed by atoms with Gasteiger partial charge in [0, 0.05) is 17.0 Å². The van der Waals surface area contributed by atoms with E-state index in [9.17, 15) is 0 Å². The first-order chi connectivity index (χ1) is 23.2. The topological polar surface area (TPSA) is 44.8 Å². The number of rotatable bonds is 5. The second kappa shape index (κ2) is 14.8. The molecule has 0 fully saturated rings. The van der Waals surface area contributed by atoms with Crippen molar-refractivity contribution in [3.05, 3.63) is 181 Å². The number of aryl methyl sites for hydroxylation is 1. The Labute approximate surface area is 296 Å². The van der Waals surface area contributed by atoms with Crippen LogP contribution in [0.25, 0.3) is 62.3 Å². The second-order valence-corrected chi connectivity index (χ2v) is 11.1. The van der Waals surface area contributed by atoms with E-state index in [0.29, 0.717) is 5.82 Å². The standard InChI is InChI=1S/C35H24N4.C8H5.Au/c1-24-23-37-34(38-24)29-20-28(27-17-15-26(16-18-27)14-13-25-8-3-2-4-9-25)21-30(22-29)39-33-12-6-5-10-31(33)32-11-7-19-36-35(32)39;1-2-8-6-4-3-5-7-8;/h2-21,23H,1H3;3-7H;/q-2;-1;+3/b14-13+;;. The maximum atomic E-state index is 6.69. The van der Waals surface area contributed by atoms with Crippen LogP contribution in [0.5, 0.6) is 0 Å². The van der Waals surface area contributed by atoms with Gasteiger partial charge in [0.1, 0.15) is 5.65 Å². The number of fused-ring (bicyclic) bond motifs is 3. The van der Waals surface area contributed by atoms with Crippen LogP contribution in [0.1, 0.15) is 22.4 Å². The molecule has 232 valence electrons. The van der Waals surface area contributed by atoms with Gasteiger partial charge in [0.15, 0.2) is 0 Å². The molecule has 3 heterocycles. The number of pyridine rings is 1. The van der Waals surface area contributed by atoms with Crippen LogP contribution < -0.4 is 4.98 Å². The monoisotopic (exact) mass is 798 g/mol. The van der Waals surface area contributed by atoms with Crippen LogP contribution >= 0.6 is 0 Å². The van der Waals surface area contributed by atoms with Gasteiger partial charge in [-0.15, -0.1) is 41.7 Å². The van der Waals surface area contributed by atoms with Gasteiger partial charge in [-0.2, -0.15) is 5.56 Å². The number of para-hydroxylation sites is 1. The van der Waals surface area contributed by atoms with Crippen molar-refractivity contribution in [1.29, 1.82) is 0 Å². The molecule has 4 nitrogen and oxygen atoms in total. The molecule has 0 aliphatic rings. The Bertz CT molecular complexity index is 2310. The van der Waals surface area contributed by atoms with Gasteiger partial charge in [0.25, 0.3) is 0 Å². The zero-order valence-electron chi connectivity index (χ0n) is 26.1. The van der Waals surface area contributed by atoms with Crippen LogP contribution in [0, 0.1) is 25.3 Å². The van der Waals surface area contributed by atoms with Gasteiger partial charge in [0.05, 0.1) is 5.52 Å². The molecule has 0 radical (unpaired) electrons. The van der Waals surface area contributed by atoms with Crippen molar-refractivity contribution in [2.75, 3.05) is 0 Å². The number of hydrogen-bond acceptors (Lipinski definition) is 2. The molecule has 0 saturated heterocycles. The molecule has 0 atom stereocenters. The van der Waals surface area contributed by atoms with Crippen molar-refractivity contribution in [2.45, 2.75) is 6.92 Å². The third-order valence-corrected chi connectivity index (χ3v) is 7.86. The van der Waals surface area contributed by atoms with E-state index in [0.717, 1.165) is 61.1 Å². The number of imidazole rings is 1. The average Bonchev–Trinajstić information content (AvgIpc) is 3.73. The van der Waals surface area contributed by atoms with E-state index in [4.69, 9.17) is 11.4 Å². The van der Waals surface area contributed by atoms with E-state index in [1.807, 2.05) is 55.6 Å². The summed E-state index contributed by atoms with van der Waals surface area (Å²) < 4.78 is 2.18. The van der Waals surface area contributed by atoms with Gasteiger partial charge >= 0.3 is 22.4 Å². The molecule has 5 heteroatoms. The van der Waals surface area contributed by atoms with Crippen molar-refractivity contribution in [3.8, 4) is 34.1 Å². The summed E-state index contributed by atoms with van der Waals surface area (Å²) in [6.07, 6.45) is 14.6. The molecule has 0 bridgehead atoms. The van der Waals surface area contributed by atoms with Crippen molar-refractivity contribution in [1.82, 2.24) is 19.5 Å². The summed E-state index contributed by atoms with van der Waals surface area (Å²) in [5, 5.41) is 2.28. The Morgan fingerprint density at radius 1 is 0.729 bits per heavy atom. The minimum atomic E-state index is 0. The minimum absolute atomic E-state index is 0. The summed E-state index contributed by atoms with van der Waals surface area (Å²) in [5.74, 6) is 2.95. The quantitative estimate of drug-likeness (QED) is 0.0755. The summed E-state index contributed by atoms with van der Waals surface area (Å²) in [6.45, 7) is 1.96. The maximum Gasteiger partial charge on any atom is 3.00 e. The maximum absolute atomic E-state index is 6.69. The second-order valence-electron chi connectivity index (χ2n) is 11.1. The van der Waals surface area contributed by atoms with Crippen LogP contribution in [0.2, 0.25) is 0 Å². The van der Waals surface area contributed by atoms with Gasteiger partial charge in [-0.25, -0.2) is 4.98 Å². The summed E-state index contributed by atoms with van der Waals surface area (Å²) in [5.41, 5.74) is 9.97. The first-order valence-electron chi connectivity index (χ1n) is 15.4. The fourth-order valence-electron chi connectivity index (χ4n) is 5.58. The number of nitrogens with zero attached hydrogens (tertiary/aromatic N) is 4. The molecule has 0 amide bonds. The zero-order chi connectivity index (χ0) is 32.0. The molecular formula is C43H29AuN4. The van der Waals surface area contributed by atoms with E-state index in [-0.39, 0.29) is 22.4 Å². The normalized spacial score (nSPS) is 10.8. The fourth-order valence-corrected chi connectivity index (χ4v) is 5.58. The summed E-state index contributed by atoms with van der Waals surface area (Å²) in [4.78, 5) is 14.0. The smallest absolute Gasteiger partial charge is 0.490 e. The molecule has 5 aromatic carbocycles. The molecule has 8 aromatic rings. The van der Waals surface area contributed by atoms with E-state index < -0.39 is 0 Å². The van der Waals surface area contributed by atoms with Crippen LogP contribution in [-0.4, -0.2) is 14.5 Å². The predicted molar refractivity (Wildman–Crippen MR) is 192 cm³/mol. The molecule has 0 unspecified atom stereocenters. The summed E-state index contributed by atoms with van der Waals surface area (Å²) in [6, 6.07) is 48.7. The van der Waals surface area contributed by atoms with Gasteiger partial charge in [-0.05, 0) is 47.5 Å². The molecule has 0 aliphatic carbocycles. The third kappa shape index (κ3) is 7.00. The van der Waals surface area contributed by atoms with E-state index in [2.05, 4.69) is 130 Å². The van der Waals surface area contributed by atoms with Gasteiger partial charge < -0.3 is 21.0 Å². The fraction of sp³-hybridized carbons (Fsp3) is 0.0233. The number of hydrogen-bond donors (Lipinski definition) is 0. The minimum Gasteiger partial charge on any atom is -0.490 e. The van der Waals surface area contributed by atoms with E-state index in [1.165, 1.54) is 5.56 Å². The van der Waals surface area contributed by atoms with Crippen molar-refractivity contribution < 1.29 is 22.4 Å². The van der Waals surface area contributed by atoms with Gasteiger partial charge in [-0.1, -0.05) is 121 Å². The van der Waals surface area contributed by atoms with Gasteiger partial charge in [-0.3, -0.25) is 5.92 Å². The first kappa shape index (κ1) is 32.2. The van der Waals surface area contributed by atoms with Crippen molar-refractivity contribution in [2.24, 2.45) is 0 Å². The molecule has 3 aromatic heterocycles. The predicted octanol–water partition coefficient (Wildman–Crippen LogP) is 9.77. The van der Waals surface area contributed by atoms with Crippen LogP contribution in [-0.2, 0) is 22.4 Å². The van der Waals surface area contributed by atoms with Gasteiger partial charge in [0.2, 0.25) is 0 Å². The number of aromatic nitrogens is 4. The Morgan fingerprint density at radius 2 is 1.40 bits per heavy atom. The Morgan fingerprint density at radius 3 is 2.08 bits per heavy atom. The molecule has 48 heavy (non-hydrogen) atoms. The van der Waals surface area contributed by atoms with Crippen LogP contribution in [0.15, 0.2) is 146 Å². The molecule has 0 spiro atoms. The SMILES string of the molecule is Cc1c[n-]c(-c2[c-]c(-n3c4ccccc4c4cccnc43)cc(-c3ccc(/C=C/c4ccccc4)cc3)c2)n1.[Au+3].[C-]#Cc1ccccc1. The third-order valence-electron chi connectivity index (χ3n) is 7.86. The molecule has 0 N–H and O–H groups in total. The summed E-state index contributed by atoms with van der Waals surface area (Å²) in [7, 11) is 0. The largest absolute Gasteiger partial charge is 3.00 e. The van der Waals surface area contributed by atoms with Crippen LogP contribution in [0.4, 0.5) is 0 Å². The first-order valence-corrected chi connectivity index (χ1v) is 15.4. The number of benzene rings is 5. The molecule has 8 rings (SSSR count). The van der Waals surface area contributed by atoms with E-state index in [1.54, 1.807) is 6.20 Å². The summed E-state index contributed by atoms with van der Waals surface area (Å²) >= 11 is 0. The van der Waals surface area contributed by atoms with E-state index >= 15 is 0 Å². The molecule has 0 aliphatic heterocycles. The van der Waals surface area contributed by atoms with Crippen molar-refractivity contribution in [3.63, 3.8) is 0 Å². The van der Waals surface area contributed by atoms with Crippen molar-refractivity contribution >= 4 is 34.1 Å². The zero-order valence-corrected chi connectivity index (χ0v) is 28.3. The Hall–Kier alpha value is -5.70. The molecule has 0 saturated carbocycles. The van der Waals surface area contributed by atoms with Crippen LogP contribution in [0.3, 0.4) is 0 Å².